The second-order valence-electron chi connectivity index (χ2n) is 5.31. The molecular formula is C17H19BrFN. The Labute approximate surface area is 128 Å². The molecule has 2 aromatic rings. The van der Waals surface area contributed by atoms with Crippen LogP contribution in [0.3, 0.4) is 0 Å². The van der Waals surface area contributed by atoms with Crippen LogP contribution in [0.5, 0.6) is 0 Å². The third-order valence-corrected chi connectivity index (χ3v) is 4.17. The minimum atomic E-state index is -0.226. The molecule has 0 saturated heterocycles. The molecule has 0 radical (unpaired) electrons. The fourth-order valence-corrected chi connectivity index (χ4v) is 2.85. The lowest BCUT2D eigenvalue weighted by atomic mass is 9.99. The third kappa shape index (κ3) is 3.21. The molecule has 0 atom stereocenters. The first-order valence-electron chi connectivity index (χ1n) is 6.64. The molecule has 0 heterocycles. The first kappa shape index (κ1) is 15.0. The van der Waals surface area contributed by atoms with Gasteiger partial charge in [0.2, 0.25) is 0 Å². The maximum absolute atomic E-state index is 13.4. The lowest BCUT2D eigenvalue weighted by Gasteiger charge is -2.15. The molecule has 0 fully saturated rings. The summed E-state index contributed by atoms with van der Waals surface area (Å²) in [5, 5.41) is 3.40. The molecule has 20 heavy (non-hydrogen) atoms. The van der Waals surface area contributed by atoms with Gasteiger partial charge in [-0.1, -0.05) is 17.7 Å². The zero-order valence-electron chi connectivity index (χ0n) is 12.3. The second-order valence-corrected chi connectivity index (χ2v) is 6.17. The normalized spacial score (nSPS) is 10.7. The van der Waals surface area contributed by atoms with E-state index in [0.29, 0.717) is 4.47 Å². The first-order chi connectivity index (χ1) is 9.38. The molecule has 0 aliphatic rings. The molecule has 0 amide bonds. The van der Waals surface area contributed by atoms with Crippen molar-refractivity contribution in [3.05, 3.63) is 62.4 Å². The SMILES string of the molecule is Cc1cc(C)c(CNc2cc(Br)c(F)cc2C)c(C)c1. The van der Waals surface area contributed by atoms with Crippen LogP contribution in [-0.4, -0.2) is 0 Å². The topological polar surface area (TPSA) is 12.0 Å². The first-order valence-corrected chi connectivity index (χ1v) is 7.44. The van der Waals surface area contributed by atoms with Gasteiger partial charge in [-0.2, -0.15) is 0 Å². The highest BCUT2D eigenvalue weighted by Crippen LogP contribution is 2.25. The summed E-state index contributed by atoms with van der Waals surface area (Å²) in [7, 11) is 0. The number of hydrogen-bond donors (Lipinski definition) is 1. The Hall–Kier alpha value is -1.35. The van der Waals surface area contributed by atoms with Gasteiger partial charge in [0.15, 0.2) is 0 Å². The van der Waals surface area contributed by atoms with Crippen LogP contribution in [0.1, 0.15) is 27.8 Å². The van der Waals surface area contributed by atoms with Gasteiger partial charge in [0, 0.05) is 12.2 Å². The van der Waals surface area contributed by atoms with E-state index in [1.165, 1.54) is 22.3 Å². The van der Waals surface area contributed by atoms with Crippen LogP contribution >= 0.6 is 15.9 Å². The Morgan fingerprint density at radius 1 is 0.950 bits per heavy atom. The summed E-state index contributed by atoms with van der Waals surface area (Å²) in [5.74, 6) is -0.226. The maximum Gasteiger partial charge on any atom is 0.137 e. The van der Waals surface area contributed by atoms with Crippen molar-refractivity contribution >= 4 is 21.6 Å². The number of halogens is 2. The molecular weight excluding hydrogens is 317 g/mol. The highest BCUT2D eigenvalue weighted by Gasteiger charge is 2.07. The van der Waals surface area contributed by atoms with Gasteiger partial charge >= 0.3 is 0 Å². The van der Waals surface area contributed by atoms with Crippen LogP contribution in [0.25, 0.3) is 0 Å². The lowest BCUT2D eigenvalue weighted by Crippen LogP contribution is -2.05. The van der Waals surface area contributed by atoms with E-state index in [4.69, 9.17) is 0 Å². The van der Waals surface area contributed by atoms with Crippen LogP contribution in [0.2, 0.25) is 0 Å². The average molecular weight is 336 g/mol. The number of aryl methyl sites for hydroxylation is 4. The van der Waals surface area contributed by atoms with E-state index >= 15 is 0 Å². The number of benzene rings is 2. The largest absolute Gasteiger partial charge is 0.381 e. The van der Waals surface area contributed by atoms with Crippen LogP contribution in [-0.2, 0) is 6.54 Å². The van der Waals surface area contributed by atoms with Crippen LogP contribution in [0.4, 0.5) is 10.1 Å². The molecule has 0 saturated carbocycles. The molecule has 0 spiro atoms. The third-order valence-electron chi connectivity index (χ3n) is 3.56. The minimum Gasteiger partial charge on any atom is -0.381 e. The fourth-order valence-electron chi connectivity index (χ4n) is 2.51. The zero-order valence-corrected chi connectivity index (χ0v) is 13.9. The van der Waals surface area contributed by atoms with Gasteiger partial charge in [0.25, 0.3) is 0 Å². The Morgan fingerprint density at radius 3 is 2.15 bits per heavy atom. The lowest BCUT2D eigenvalue weighted by molar-refractivity contribution is 0.620. The van der Waals surface area contributed by atoms with Crippen molar-refractivity contribution in [2.45, 2.75) is 34.2 Å². The highest BCUT2D eigenvalue weighted by atomic mass is 79.9. The molecule has 2 aromatic carbocycles. The molecule has 0 aliphatic carbocycles. The van der Waals surface area contributed by atoms with E-state index in [9.17, 15) is 4.39 Å². The molecule has 0 bridgehead atoms. The van der Waals surface area contributed by atoms with Gasteiger partial charge < -0.3 is 5.32 Å². The van der Waals surface area contributed by atoms with Crippen molar-refractivity contribution in [1.29, 1.82) is 0 Å². The Balaban J connectivity index is 2.23. The van der Waals surface area contributed by atoms with E-state index in [2.05, 4.69) is 54.2 Å². The van der Waals surface area contributed by atoms with Crippen LogP contribution in [0.15, 0.2) is 28.7 Å². The van der Waals surface area contributed by atoms with Gasteiger partial charge in [0.1, 0.15) is 5.82 Å². The van der Waals surface area contributed by atoms with Crippen molar-refractivity contribution < 1.29 is 4.39 Å². The number of rotatable bonds is 3. The second kappa shape index (κ2) is 5.96. The van der Waals surface area contributed by atoms with Gasteiger partial charge in [-0.25, -0.2) is 4.39 Å². The van der Waals surface area contributed by atoms with Crippen LogP contribution in [0, 0.1) is 33.5 Å². The molecule has 0 aromatic heterocycles. The summed E-state index contributed by atoms with van der Waals surface area (Å²) in [6.07, 6.45) is 0. The van der Waals surface area contributed by atoms with Crippen LogP contribution < -0.4 is 5.32 Å². The Kier molecular flexibility index (Phi) is 4.48. The van der Waals surface area contributed by atoms with Crippen molar-refractivity contribution in [3.8, 4) is 0 Å². The van der Waals surface area contributed by atoms with Gasteiger partial charge in [-0.15, -0.1) is 0 Å². The predicted octanol–water partition coefficient (Wildman–Crippen LogP) is 5.43. The monoisotopic (exact) mass is 335 g/mol. The van der Waals surface area contributed by atoms with E-state index < -0.39 is 0 Å². The summed E-state index contributed by atoms with van der Waals surface area (Å²) >= 11 is 3.23. The number of anilines is 1. The quantitative estimate of drug-likeness (QED) is 0.788. The summed E-state index contributed by atoms with van der Waals surface area (Å²) in [4.78, 5) is 0. The molecule has 0 aliphatic heterocycles. The average Bonchev–Trinajstić information content (AvgIpc) is 2.33. The van der Waals surface area contributed by atoms with Gasteiger partial charge in [0.05, 0.1) is 4.47 Å². The van der Waals surface area contributed by atoms with E-state index in [1.807, 2.05) is 6.92 Å². The van der Waals surface area contributed by atoms with Crippen molar-refractivity contribution in [1.82, 2.24) is 0 Å². The minimum absolute atomic E-state index is 0.226. The van der Waals surface area contributed by atoms with Crippen molar-refractivity contribution in [3.63, 3.8) is 0 Å². The molecule has 1 nitrogen and oxygen atoms in total. The Bertz CT molecular complexity index is 627. The predicted molar refractivity (Wildman–Crippen MR) is 86.8 cm³/mol. The standard InChI is InChI=1S/C17H19BrFN/c1-10-5-11(2)14(12(3)6-10)9-20-17-8-15(18)16(19)7-13(17)4/h5-8,20H,9H2,1-4H3. The highest BCUT2D eigenvalue weighted by molar-refractivity contribution is 9.10. The molecule has 3 heteroatoms. The van der Waals surface area contributed by atoms with E-state index in [0.717, 1.165) is 17.8 Å². The smallest absolute Gasteiger partial charge is 0.137 e. The summed E-state index contributed by atoms with van der Waals surface area (Å²) in [5.41, 5.74) is 7.02. The number of hydrogen-bond acceptors (Lipinski definition) is 1. The zero-order chi connectivity index (χ0) is 14.9. The molecule has 106 valence electrons. The van der Waals surface area contributed by atoms with Crippen molar-refractivity contribution in [2.24, 2.45) is 0 Å². The molecule has 1 N–H and O–H groups in total. The van der Waals surface area contributed by atoms with Gasteiger partial charge in [-0.05, 0) is 78.0 Å². The van der Waals surface area contributed by atoms with Gasteiger partial charge in [-0.3, -0.25) is 0 Å². The molecule has 0 unspecified atom stereocenters. The molecule has 2 rings (SSSR count). The van der Waals surface area contributed by atoms with E-state index in [-0.39, 0.29) is 5.82 Å². The Morgan fingerprint density at radius 2 is 1.55 bits per heavy atom. The summed E-state index contributed by atoms with van der Waals surface area (Å²) in [6.45, 7) is 9.02. The van der Waals surface area contributed by atoms with E-state index in [1.54, 1.807) is 12.1 Å². The van der Waals surface area contributed by atoms with Crippen molar-refractivity contribution in [2.75, 3.05) is 5.32 Å². The summed E-state index contributed by atoms with van der Waals surface area (Å²) < 4.78 is 13.9. The maximum atomic E-state index is 13.4. The fraction of sp³-hybridized carbons (Fsp3) is 0.294. The summed E-state index contributed by atoms with van der Waals surface area (Å²) in [6, 6.07) is 7.72. The number of nitrogens with one attached hydrogen (secondary N) is 1.